The van der Waals surface area contributed by atoms with Gasteiger partial charge in [0.15, 0.2) is 11.5 Å². The number of phenolic OH excluding ortho intramolecular Hbond substituents is 1. The van der Waals surface area contributed by atoms with Crippen molar-refractivity contribution in [2.45, 2.75) is 0 Å². The first-order chi connectivity index (χ1) is 8.58. The van der Waals surface area contributed by atoms with E-state index in [1.807, 2.05) is 0 Å². The summed E-state index contributed by atoms with van der Waals surface area (Å²) in [5.41, 5.74) is 5.36. The van der Waals surface area contributed by atoms with E-state index in [1.165, 1.54) is 18.2 Å². The average molecular weight is 264 g/mol. The highest BCUT2D eigenvalue weighted by atomic mass is 35.5. The lowest BCUT2D eigenvalue weighted by Crippen LogP contribution is -2.11. The van der Waals surface area contributed by atoms with Crippen LogP contribution >= 0.6 is 11.6 Å². The molecule has 0 aliphatic heterocycles. The maximum Gasteiger partial charge on any atom is 0.250 e. The van der Waals surface area contributed by atoms with Gasteiger partial charge in [-0.15, -0.1) is 0 Å². The number of aromatic hydroxyl groups is 1. The van der Waals surface area contributed by atoms with Crippen LogP contribution < -0.4 is 10.5 Å². The lowest BCUT2D eigenvalue weighted by molar-refractivity contribution is 0.100. The number of primary amides is 1. The van der Waals surface area contributed by atoms with Crippen molar-refractivity contribution < 1.29 is 14.6 Å². The zero-order chi connectivity index (χ0) is 13.1. The number of amides is 1. The Morgan fingerprint density at radius 1 is 1.22 bits per heavy atom. The molecule has 0 fully saturated rings. The van der Waals surface area contributed by atoms with Crippen LogP contribution in [-0.4, -0.2) is 11.0 Å². The van der Waals surface area contributed by atoms with Crippen molar-refractivity contribution in [2.75, 3.05) is 0 Å². The summed E-state index contributed by atoms with van der Waals surface area (Å²) in [7, 11) is 0. The van der Waals surface area contributed by atoms with Crippen molar-refractivity contribution in [1.82, 2.24) is 0 Å². The molecule has 0 aliphatic rings. The summed E-state index contributed by atoms with van der Waals surface area (Å²) in [4.78, 5) is 11.0. The Kier molecular flexibility index (Phi) is 3.39. The van der Waals surface area contributed by atoms with Crippen LogP contribution in [-0.2, 0) is 0 Å². The first-order valence-corrected chi connectivity index (χ1v) is 5.51. The van der Waals surface area contributed by atoms with E-state index in [9.17, 15) is 9.90 Å². The molecule has 0 radical (unpaired) electrons. The molecule has 2 rings (SSSR count). The van der Waals surface area contributed by atoms with Gasteiger partial charge in [0, 0.05) is 6.07 Å². The summed E-state index contributed by atoms with van der Waals surface area (Å²) in [6, 6.07) is 11.0. The zero-order valence-corrected chi connectivity index (χ0v) is 10.0. The third-order valence-electron chi connectivity index (χ3n) is 2.30. The van der Waals surface area contributed by atoms with Crippen LogP contribution in [0.25, 0.3) is 0 Å². The fourth-order valence-electron chi connectivity index (χ4n) is 1.43. The molecule has 2 aromatic carbocycles. The Morgan fingerprint density at radius 3 is 2.56 bits per heavy atom. The minimum absolute atomic E-state index is 0.0209. The van der Waals surface area contributed by atoms with E-state index >= 15 is 0 Å². The second-order valence-corrected chi connectivity index (χ2v) is 3.98. The lowest BCUT2D eigenvalue weighted by Gasteiger charge is -2.08. The Hall–Kier alpha value is -2.20. The van der Waals surface area contributed by atoms with Crippen LogP contribution in [0.5, 0.6) is 17.2 Å². The second kappa shape index (κ2) is 4.98. The summed E-state index contributed by atoms with van der Waals surface area (Å²) < 4.78 is 5.44. The number of hydrogen-bond acceptors (Lipinski definition) is 3. The van der Waals surface area contributed by atoms with Crippen LogP contribution in [0.3, 0.4) is 0 Å². The van der Waals surface area contributed by atoms with E-state index in [1.54, 1.807) is 24.3 Å². The SMILES string of the molecule is NC(=O)c1ccc(Oc2ccccc2O)cc1Cl. The van der Waals surface area contributed by atoms with Gasteiger partial charge >= 0.3 is 0 Å². The first-order valence-electron chi connectivity index (χ1n) is 5.13. The van der Waals surface area contributed by atoms with E-state index in [0.717, 1.165) is 0 Å². The monoisotopic (exact) mass is 263 g/mol. The number of ether oxygens (including phenoxy) is 1. The van der Waals surface area contributed by atoms with Gasteiger partial charge in [-0.1, -0.05) is 23.7 Å². The largest absolute Gasteiger partial charge is 0.504 e. The van der Waals surface area contributed by atoms with Crippen molar-refractivity contribution in [3.8, 4) is 17.2 Å². The number of phenols is 1. The van der Waals surface area contributed by atoms with Gasteiger partial charge in [0.25, 0.3) is 0 Å². The molecule has 3 N–H and O–H groups in total. The number of para-hydroxylation sites is 2. The van der Waals surface area contributed by atoms with Crippen molar-refractivity contribution >= 4 is 17.5 Å². The van der Waals surface area contributed by atoms with Crippen LogP contribution in [0.1, 0.15) is 10.4 Å². The number of halogens is 1. The molecule has 1 amide bonds. The van der Waals surface area contributed by atoms with Gasteiger partial charge in [0.1, 0.15) is 5.75 Å². The molecule has 0 spiro atoms. The van der Waals surface area contributed by atoms with Crippen molar-refractivity contribution in [1.29, 1.82) is 0 Å². The smallest absolute Gasteiger partial charge is 0.250 e. The molecule has 0 unspecified atom stereocenters. The summed E-state index contributed by atoms with van der Waals surface area (Å²) in [6.45, 7) is 0. The Morgan fingerprint density at radius 2 is 1.94 bits per heavy atom. The molecular weight excluding hydrogens is 254 g/mol. The number of benzene rings is 2. The average Bonchev–Trinajstić information content (AvgIpc) is 2.32. The second-order valence-electron chi connectivity index (χ2n) is 3.58. The van der Waals surface area contributed by atoms with Gasteiger partial charge in [-0.3, -0.25) is 4.79 Å². The Labute approximate surface area is 109 Å². The van der Waals surface area contributed by atoms with E-state index in [-0.39, 0.29) is 16.3 Å². The molecule has 5 heteroatoms. The fourth-order valence-corrected chi connectivity index (χ4v) is 1.69. The first kappa shape index (κ1) is 12.3. The number of nitrogens with two attached hydrogens (primary N) is 1. The van der Waals surface area contributed by atoms with E-state index in [0.29, 0.717) is 11.5 Å². The summed E-state index contributed by atoms with van der Waals surface area (Å²) in [6.07, 6.45) is 0. The van der Waals surface area contributed by atoms with Crippen molar-refractivity contribution in [2.24, 2.45) is 5.73 Å². The predicted molar refractivity (Wildman–Crippen MR) is 68.2 cm³/mol. The Balaban J connectivity index is 2.29. The summed E-state index contributed by atoms with van der Waals surface area (Å²) in [5.74, 6) is 0.133. The molecular formula is C13H10ClNO3. The van der Waals surface area contributed by atoms with Crippen LogP contribution in [0, 0.1) is 0 Å². The zero-order valence-electron chi connectivity index (χ0n) is 9.26. The van der Waals surface area contributed by atoms with Crippen molar-refractivity contribution in [3.63, 3.8) is 0 Å². The topological polar surface area (TPSA) is 72.6 Å². The predicted octanol–water partition coefficient (Wildman–Crippen LogP) is 2.94. The molecule has 0 aromatic heterocycles. The number of rotatable bonds is 3. The maximum absolute atomic E-state index is 11.0. The molecule has 0 heterocycles. The number of hydrogen-bond donors (Lipinski definition) is 2. The van der Waals surface area contributed by atoms with Gasteiger partial charge in [-0.25, -0.2) is 0 Å². The van der Waals surface area contributed by atoms with Crippen LogP contribution in [0.4, 0.5) is 0 Å². The minimum atomic E-state index is -0.603. The van der Waals surface area contributed by atoms with Crippen LogP contribution in [0.2, 0.25) is 5.02 Å². The molecule has 18 heavy (non-hydrogen) atoms. The summed E-state index contributed by atoms with van der Waals surface area (Å²) >= 11 is 5.89. The standard InChI is InChI=1S/C13H10ClNO3/c14-10-7-8(5-6-9(10)13(15)17)18-12-4-2-1-3-11(12)16/h1-7,16H,(H2,15,17). The maximum atomic E-state index is 11.0. The van der Waals surface area contributed by atoms with Gasteiger partial charge in [0.2, 0.25) is 5.91 Å². The van der Waals surface area contributed by atoms with E-state index in [2.05, 4.69) is 0 Å². The third-order valence-corrected chi connectivity index (χ3v) is 2.61. The van der Waals surface area contributed by atoms with E-state index < -0.39 is 5.91 Å². The molecule has 0 bridgehead atoms. The molecule has 0 saturated heterocycles. The minimum Gasteiger partial charge on any atom is -0.504 e. The highest BCUT2D eigenvalue weighted by Crippen LogP contribution is 2.31. The normalized spacial score (nSPS) is 10.1. The molecule has 2 aromatic rings. The molecule has 0 aliphatic carbocycles. The van der Waals surface area contributed by atoms with E-state index in [4.69, 9.17) is 22.1 Å². The Bertz CT molecular complexity index is 599. The molecule has 92 valence electrons. The molecule has 0 saturated carbocycles. The van der Waals surface area contributed by atoms with Crippen molar-refractivity contribution in [3.05, 3.63) is 53.1 Å². The van der Waals surface area contributed by atoms with Gasteiger partial charge < -0.3 is 15.6 Å². The van der Waals surface area contributed by atoms with Gasteiger partial charge in [0.05, 0.1) is 10.6 Å². The molecule has 0 atom stereocenters. The highest BCUT2D eigenvalue weighted by Gasteiger charge is 2.09. The fraction of sp³-hybridized carbons (Fsp3) is 0. The quantitative estimate of drug-likeness (QED) is 0.894. The highest BCUT2D eigenvalue weighted by molar-refractivity contribution is 6.33. The third kappa shape index (κ3) is 2.55. The number of carbonyl (C=O) groups is 1. The van der Waals surface area contributed by atoms with Crippen LogP contribution in [0.15, 0.2) is 42.5 Å². The molecule has 4 nitrogen and oxygen atoms in total. The van der Waals surface area contributed by atoms with Gasteiger partial charge in [-0.2, -0.15) is 0 Å². The number of carbonyl (C=O) groups excluding carboxylic acids is 1. The lowest BCUT2D eigenvalue weighted by atomic mass is 10.2. The summed E-state index contributed by atoms with van der Waals surface area (Å²) in [5, 5.41) is 9.76. The van der Waals surface area contributed by atoms with Gasteiger partial charge in [-0.05, 0) is 24.3 Å².